The molecule has 152 valence electrons. The van der Waals surface area contributed by atoms with Gasteiger partial charge in [0.15, 0.2) is 6.10 Å². The maximum absolute atomic E-state index is 12.6. The number of ether oxygens (including phenoxy) is 1. The van der Waals surface area contributed by atoms with Crippen LogP contribution in [0.5, 0.6) is 0 Å². The van der Waals surface area contributed by atoms with E-state index < -0.39 is 6.10 Å². The lowest BCUT2D eigenvalue weighted by atomic mass is 10.1. The molecule has 1 aromatic carbocycles. The summed E-state index contributed by atoms with van der Waals surface area (Å²) in [6.45, 7) is 2.75. The molecule has 0 bridgehead atoms. The molecule has 1 amide bonds. The minimum absolute atomic E-state index is 0.162. The SMILES string of the molecule is Cc1c(C2OC2C(=O)Nc2ccncc2)c2cc(Cl)sc2n1Cc1ccc(Cl)cc1. The lowest BCUT2D eigenvalue weighted by molar-refractivity contribution is -0.117. The van der Waals surface area contributed by atoms with Crippen molar-refractivity contribution in [2.75, 3.05) is 5.32 Å². The van der Waals surface area contributed by atoms with Crippen LogP contribution in [0.2, 0.25) is 9.36 Å². The molecule has 2 atom stereocenters. The van der Waals surface area contributed by atoms with E-state index in [1.54, 1.807) is 24.5 Å². The summed E-state index contributed by atoms with van der Waals surface area (Å²) in [4.78, 5) is 17.7. The van der Waals surface area contributed by atoms with Gasteiger partial charge in [-0.2, -0.15) is 0 Å². The quantitative estimate of drug-likeness (QED) is 0.383. The molecule has 0 saturated carbocycles. The zero-order valence-corrected chi connectivity index (χ0v) is 18.3. The Labute approximate surface area is 187 Å². The van der Waals surface area contributed by atoms with Crippen LogP contribution in [0.3, 0.4) is 0 Å². The number of benzene rings is 1. The molecular weight excluding hydrogens is 441 g/mol. The first-order valence-electron chi connectivity index (χ1n) is 9.40. The standard InChI is InChI=1S/C22H17Cl2N3O2S/c1-12-18(19-20(29-19)21(28)26-15-6-8-25-9-7-15)16-10-17(24)30-22(16)27(12)11-13-2-4-14(23)5-3-13/h2-10,19-20H,11H2,1H3,(H,25,26,28). The second-order valence-corrected chi connectivity index (χ2v) is 9.28. The molecule has 1 N–H and O–H groups in total. The summed E-state index contributed by atoms with van der Waals surface area (Å²) < 4.78 is 8.76. The molecule has 8 heteroatoms. The van der Waals surface area contributed by atoms with Gasteiger partial charge >= 0.3 is 0 Å². The topological polar surface area (TPSA) is 59.5 Å². The lowest BCUT2D eigenvalue weighted by Crippen LogP contribution is -2.18. The van der Waals surface area contributed by atoms with Crippen LogP contribution in [-0.4, -0.2) is 21.6 Å². The maximum Gasteiger partial charge on any atom is 0.256 e. The Morgan fingerprint density at radius 3 is 2.67 bits per heavy atom. The number of amides is 1. The number of halogens is 2. The molecule has 2 unspecified atom stereocenters. The zero-order valence-electron chi connectivity index (χ0n) is 15.9. The number of anilines is 1. The number of nitrogens with zero attached hydrogens (tertiary/aromatic N) is 2. The van der Waals surface area contributed by atoms with Gasteiger partial charge in [-0.05, 0) is 42.8 Å². The summed E-state index contributed by atoms with van der Waals surface area (Å²) in [5.74, 6) is -0.162. The van der Waals surface area contributed by atoms with Gasteiger partial charge < -0.3 is 14.6 Å². The minimum atomic E-state index is -0.523. The number of hydrogen-bond donors (Lipinski definition) is 1. The summed E-state index contributed by atoms with van der Waals surface area (Å²) in [7, 11) is 0. The number of carbonyl (C=O) groups is 1. The van der Waals surface area contributed by atoms with Crippen molar-refractivity contribution in [3.05, 3.63) is 81.0 Å². The van der Waals surface area contributed by atoms with E-state index in [0.717, 1.165) is 27.0 Å². The number of pyridine rings is 1. The molecule has 1 fully saturated rings. The van der Waals surface area contributed by atoms with Crippen molar-refractivity contribution in [3.8, 4) is 0 Å². The van der Waals surface area contributed by atoms with Gasteiger partial charge in [-0.3, -0.25) is 9.78 Å². The number of epoxide rings is 1. The van der Waals surface area contributed by atoms with Crippen molar-refractivity contribution in [2.24, 2.45) is 0 Å². The van der Waals surface area contributed by atoms with E-state index in [9.17, 15) is 4.79 Å². The van der Waals surface area contributed by atoms with Gasteiger partial charge in [-0.1, -0.05) is 35.3 Å². The molecular formula is C22H17Cl2N3O2S. The summed E-state index contributed by atoms with van der Waals surface area (Å²) in [5.41, 5.74) is 3.94. The Morgan fingerprint density at radius 1 is 1.20 bits per heavy atom. The Bertz CT molecular complexity index is 1230. The molecule has 0 radical (unpaired) electrons. The Kier molecular flexibility index (Phi) is 5.03. The first-order chi connectivity index (χ1) is 14.5. The molecule has 4 heterocycles. The van der Waals surface area contributed by atoms with Gasteiger partial charge in [-0.25, -0.2) is 0 Å². The van der Waals surface area contributed by atoms with Gasteiger partial charge in [0, 0.05) is 46.3 Å². The number of aromatic nitrogens is 2. The molecule has 30 heavy (non-hydrogen) atoms. The van der Waals surface area contributed by atoms with Crippen LogP contribution in [0.25, 0.3) is 10.2 Å². The molecule has 4 aromatic rings. The van der Waals surface area contributed by atoms with E-state index in [1.807, 2.05) is 30.3 Å². The van der Waals surface area contributed by atoms with Crippen LogP contribution < -0.4 is 5.32 Å². The number of thiophene rings is 1. The van der Waals surface area contributed by atoms with E-state index in [1.165, 1.54) is 11.3 Å². The smallest absolute Gasteiger partial charge is 0.256 e. The molecule has 3 aromatic heterocycles. The van der Waals surface area contributed by atoms with Gasteiger partial charge in [0.25, 0.3) is 5.91 Å². The van der Waals surface area contributed by atoms with Crippen molar-refractivity contribution in [1.29, 1.82) is 0 Å². The predicted octanol–water partition coefficient (Wildman–Crippen LogP) is 5.84. The number of rotatable bonds is 5. The number of hydrogen-bond acceptors (Lipinski definition) is 4. The van der Waals surface area contributed by atoms with E-state index in [2.05, 4.69) is 21.8 Å². The highest BCUT2D eigenvalue weighted by Gasteiger charge is 2.48. The highest BCUT2D eigenvalue weighted by atomic mass is 35.5. The lowest BCUT2D eigenvalue weighted by Gasteiger charge is -2.08. The van der Waals surface area contributed by atoms with Gasteiger partial charge in [-0.15, -0.1) is 11.3 Å². The third kappa shape index (κ3) is 3.61. The van der Waals surface area contributed by atoms with Crippen molar-refractivity contribution >= 4 is 56.3 Å². The summed E-state index contributed by atoms with van der Waals surface area (Å²) in [6, 6.07) is 13.3. The Balaban J connectivity index is 1.44. The van der Waals surface area contributed by atoms with Gasteiger partial charge in [0.05, 0.1) is 4.34 Å². The first kappa shape index (κ1) is 19.6. The number of nitrogens with one attached hydrogen (secondary N) is 1. The van der Waals surface area contributed by atoms with Crippen molar-refractivity contribution in [3.63, 3.8) is 0 Å². The fourth-order valence-corrected chi connectivity index (χ4v) is 5.15. The van der Waals surface area contributed by atoms with Crippen LogP contribution in [0, 0.1) is 6.92 Å². The summed E-state index contributed by atoms with van der Waals surface area (Å²) >= 11 is 13.9. The minimum Gasteiger partial charge on any atom is -0.354 e. The van der Waals surface area contributed by atoms with Crippen molar-refractivity contribution in [2.45, 2.75) is 25.7 Å². The van der Waals surface area contributed by atoms with Crippen molar-refractivity contribution < 1.29 is 9.53 Å². The zero-order chi connectivity index (χ0) is 20.8. The number of carbonyl (C=O) groups excluding carboxylic acids is 1. The van der Waals surface area contributed by atoms with Crippen molar-refractivity contribution in [1.82, 2.24) is 9.55 Å². The van der Waals surface area contributed by atoms with Crippen LogP contribution in [0.15, 0.2) is 54.9 Å². The van der Waals surface area contributed by atoms with E-state index in [-0.39, 0.29) is 12.0 Å². The second-order valence-electron chi connectivity index (χ2n) is 7.18. The molecule has 1 aliphatic heterocycles. The van der Waals surface area contributed by atoms with E-state index in [0.29, 0.717) is 21.6 Å². The average molecular weight is 458 g/mol. The normalized spacial score (nSPS) is 18.0. The fraction of sp³-hybridized carbons (Fsp3) is 0.182. The van der Waals surface area contributed by atoms with Crippen LogP contribution >= 0.6 is 34.5 Å². The summed E-state index contributed by atoms with van der Waals surface area (Å²) in [5, 5.41) is 4.63. The van der Waals surface area contributed by atoms with Crippen LogP contribution in [0.4, 0.5) is 5.69 Å². The van der Waals surface area contributed by atoms with Gasteiger partial charge in [0.2, 0.25) is 0 Å². The molecule has 5 nitrogen and oxygen atoms in total. The van der Waals surface area contributed by atoms with Gasteiger partial charge in [0.1, 0.15) is 10.9 Å². The largest absolute Gasteiger partial charge is 0.354 e. The van der Waals surface area contributed by atoms with Crippen LogP contribution in [-0.2, 0) is 16.1 Å². The molecule has 0 aliphatic carbocycles. The summed E-state index contributed by atoms with van der Waals surface area (Å²) in [6.07, 6.45) is 2.47. The third-order valence-electron chi connectivity index (χ3n) is 5.25. The molecule has 0 spiro atoms. The molecule has 1 aliphatic rings. The Morgan fingerprint density at radius 2 is 1.93 bits per heavy atom. The van der Waals surface area contributed by atoms with E-state index in [4.69, 9.17) is 27.9 Å². The fourth-order valence-electron chi connectivity index (χ4n) is 3.74. The Hall–Kier alpha value is -2.38. The third-order valence-corrected chi connectivity index (χ3v) is 6.79. The van der Waals surface area contributed by atoms with E-state index >= 15 is 0 Å². The second kappa shape index (κ2) is 7.71. The predicted molar refractivity (Wildman–Crippen MR) is 121 cm³/mol. The number of fused-ring (bicyclic) bond motifs is 1. The molecule has 1 saturated heterocycles. The highest BCUT2D eigenvalue weighted by Crippen LogP contribution is 2.47. The van der Waals surface area contributed by atoms with Crippen LogP contribution in [0.1, 0.15) is 22.9 Å². The first-order valence-corrected chi connectivity index (χ1v) is 11.0. The molecule has 5 rings (SSSR count). The average Bonchev–Trinajstić information content (AvgIpc) is 3.37. The highest BCUT2D eigenvalue weighted by molar-refractivity contribution is 7.22. The monoisotopic (exact) mass is 457 g/mol. The maximum atomic E-state index is 12.6.